The van der Waals surface area contributed by atoms with E-state index < -0.39 is 30.0 Å². The normalized spacial score (nSPS) is 15.7. The van der Waals surface area contributed by atoms with Gasteiger partial charge in [0.1, 0.15) is 6.04 Å². The van der Waals surface area contributed by atoms with E-state index in [-0.39, 0.29) is 30.7 Å². The van der Waals surface area contributed by atoms with Gasteiger partial charge in [-0.2, -0.15) is 0 Å². The molecule has 7 N–H and O–H groups in total. The Bertz CT molecular complexity index is 469. The second-order valence-electron chi connectivity index (χ2n) is 7.36. The third-order valence-electron chi connectivity index (χ3n) is 4.59. The zero-order valence-electron chi connectivity index (χ0n) is 17.2. The lowest BCUT2D eigenvalue weighted by Gasteiger charge is -2.26. The first-order valence-corrected chi connectivity index (χ1v) is 9.92. The minimum absolute atomic E-state index is 0.0495. The summed E-state index contributed by atoms with van der Waals surface area (Å²) >= 11 is 0. The van der Waals surface area contributed by atoms with Gasteiger partial charge < -0.3 is 27.2 Å². The molecule has 0 fully saturated rings. The van der Waals surface area contributed by atoms with Crippen LogP contribution in [0.5, 0.6) is 0 Å². The molecule has 0 saturated carbocycles. The lowest BCUT2D eigenvalue weighted by Crippen LogP contribution is -2.58. The van der Waals surface area contributed by atoms with Crippen LogP contribution in [0.4, 0.5) is 0 Å². The quantitative estimate of drug-likeness (QED) is 0.267. The molecular formula is C19H38N4O4. The molecule has 0 aliphatic carbocycles. The highest BCUT2D eigenvalue weighted by molar-refractivity contribution is 5.94. The molecule has 8 nitrogen and oxygen atoms in total. The van der Waals surface area contributed by atoms with Crippen LogP contribution in [-0.4, -0.2) is 54.0 Å². The van der Waals surface area contributed by atoms with Gasteiger partial charge in [0.25, 0.3) is 0 Å². The van der Waals surface area contributed by atoms with Crippen molar-refractivity contribution < 1.29 is 19.5 Å². The molecule has 0 saturated heterocycles. The van der Waals surface area contributed by atoms with Gasteiger partial charge in [-0.3, -0.25) is 14.4 Å². The number of nitrogens with one attached hydrogen (secondary N) is 2. The predicted octanol–water partition coefficient (Wildman–Crippen LogP) is 0.0659. The lowest BCUT2D eigenvalue weighted by atomic mass is 9.98. The van der Waals surface area contributed by atoms with E-state index in [9.17, 15) is 19.5 Å². The SMILES string of the molecule is CCCCCCC(CN)C(=O)N[C@H](C(=O)N[C@H](CN)C(=O)C(C)C)[C@H](C)O. The van der Waals surface area contributed by atoms with Crippen LogP contribution in [0.25, 0.3) is 0 Å². The van der Waals surface area contributed by atoms with Crippen molar-refractivity contribution in [1.29, 1.82) is 0 Å². The summed E-state index contributed by atoms with van der Waals surface area (Å²) in [6.07, 6.45) is 3.61. The molecule has 0 aliphatic heterocycles. The van der Waals surface area contributed by atoms with Crippen molar-refractivity contribution in [3.8, 4) is 0 Å². The van der Waals surface area contributed by atoms with Gasteiger partial charge in [-0.05, 0) is 13.3 Å². The van der Waals surface area contributed by atoms with Gasteiger partial charge in [-0.1, -0.05) is 46.5 Å². The van der Waals surface area contributed by atoms with Crippen molar-refractivity contribution in [2.24, 2.45) is 23.3 Å². The molecule has 8 heteroatoms. The molecule has 2 amide bonds. The fraction of sp³-hybridized carbons (Fsp3) is 0.842. The van der Waals surface area contributed by atoms with Crippen LogP contribution in [-0.2, 0) is 14.4 Å². The molecule has 0 aliphatic rings. The number of hydrogen-bond acceptors (Lipinski definition) is 6. The first-order chi connectivity index (χ1) is 12.7. The number of Topliss-reactive ketones (excluding diaryl/α,β-unsaturated/α-hetero) is 1. The maximum Gasteiger partial charge on any atom is 0.245 e. The van der Waals surface area contributed by atoms with E-state index in [1.54, 1.807) is 13.8 Å². The van der Waals surface area contributed by atoms with Gasteiger partial charge in [-0.25, -0.2) is 0 Å². The minimum atomic E-state index is -1.17. The molecule has 1 unspecified atom stereocenters. The zero-order valence-corrected chi connectivity index (χ0v) is 17.2. The zero-order chi connectivity index (χ0) is 21.0. The molecule has 0 aromatic carbocycles. The number of ketones is 1. The average molecular weight is 387 g/mol. The Morgan fingerprint density at radius 1 is 0.926 bits per heavy atom. The summed E-state index contributed by atoms with van der Waals surface area (Å²) in [5.41, 5.74) is 11.3. The smallest absolute Gasteiger partial charge is 0.245 e. The molecule has 4 atom stereocenters. The molecule has 0 spiro atoms. The van der Waals surface area contributed by atoms with Crippen LogP contribution in [0.15, 0.2) is 0 Å². The molecule has 27 heavy (non-hydrogen) atoms. The summed E-state index contributed by atoms with van der Waals surface area (Å²) in [6.45, 7) is 7.07. The Balaban J connectivity index is 4.92. The fourth-order valence-electron chi connectivity index (χ4n) is 2.76. The summed E-state index contributed by atoms with van der Waals surface area (Å²) in [4.78, 5) is 37.1. The van der Waals surface area contributed by atoms with Crippen LogP contribution >= 0.6 is 0 Å². The van der Waals surface area contributed by atoms with Crippen molar-refractivity contribution >= 4 is 17.6 Å². The number of nitrogens with two attached hydrogens (primary N) is 2. The van der Waals surface area contributed by atoms with E-state index >= 15 is 0 Å². The van der Waals surface area contributed by atoms with E-state index in [1.807, 2.05) is 0 Å². The van der Waals surface area contributed by atoms with Crippen molar-refractivity contribution in [2.75, 3.05) is 13.1 Å². The molecule has 0 heterocycles. The van der Waals surface area contributed by atoms with Crippen LogP contribution in [0.2, 0.25) is 0 Å². The highest BCUT2D eigenvalue weighted by atomic mass is 16.3. The largest absolute Gasteiger partial charge is 0.391 e. The predicted molar refractivity (Wildman–Crippen MR) is 106 cm³/mol. The number of aliphatic hydroxyl groups is 1. The van der Waals surface area contributed by atoms with Crippen molar-refractivity contribution in [1.82, 2.24) is 10.6 Å². The van der Waals surface area contributed by atoms with Gasteiger partial charge in [-0.15, -0.1) is 0 Å². The topological polar surface area (TPSA) is 148 Å². The van der Waals surface area contributed by atoms with Crippen LogP contribution < -0.4 is 22.1 Å². The number of hydrogen-bond donors (Lipinski definition) is 5. The van der Waals surface area contributed by atoms with Crippen molar-refractivity contribution in [2.45, 2.75) is 78.0 Å². The maximum atomic E-state index is 12.5. The second kappa shape index (κ2) is 13.6. The summed E-state index contributed by atoms with van der Waals surface area (Å²) in [5.74, 6) is -1.90. The number of unbranched alkanes of at least 4 members (excludes halogenated alkanes) is 3. The van der Waals surface area contributed by atoms with Crippen LogP contribution in [0.1, 0.15) is 59.8 Å². The Kier molecular flexibility index (Phi) is 12.9. The Morgan fingerprint density at radius 3 is 2.00 bits per heavy atom. The minimum Gasteiger partial charge on any atom is -0.391 e. The fourth-order valence-corrected chi connectivity index (χ4v) is 2.76. The molecule has 0 bridgehead atoms. The van der Waals surface area contributed by atoms with Crippen LogP contribution in [0.3, 0.4) is 0 Å². The van der Waals surface area contributed by atoms with E-state index in [0.29, 0.717) is 6.42 Å². The second-order valence-corrected chi connectivity index (χ2v) is 7.36. The number of rotatable bonds is 14. The lowest BCUT2D eigenvalue weighted by molar-refractivity contribution is -0.135. The standard InChI is InChI=1S/C19H38N4O4/c1-5-6-7-8-9-14(10-20)18(26)23-16(13(4)24)19(27)22-15(11-21)17(25)12(2)3/h12-16,24H,5-11,20-21H2,1-4H3,(H,22,27)(H,23,26)/t13-,14?,15+,16-/m0/s1. The molecule has 0 aromatic heterocycles. The van der Waals surface area contributed by atoms with Crippen molar-refractivity contribution in [3.63, 3.8) is 0 Å². The number of aliphatic hydroxyl groups excluding tert-OH is 1. The Labute approximate surface area is 162 Å². The van der Waals surface area contributed by atoms with Gasteiger partial charge in [0, 0.05) is 19.0 Å². The Hall–Kier alpha value is -1.51. The summed E-state index contributed by atoms with van der Waals surface area (Å²) in [7, 11) is 0. The van der Waals surface area contributed by atoms with E-state index in [2.05, 4.69) is 17.6 Å². The molecule has 0 rings (SSSR count). The number of amides is 2. The van der Waals surface area contributed by atoms with Gasteiger partial charge in [0.2, 0.25) is 11.8 Å². The van der Waals surface area contributed by atoms with E-state index in [0.717, 1.165) is 25.7 Å². The Morgan fingerprint density at radius 2 is 1.56 bits per heavy atom. The highest BCUT2D eigenvalue weighted by Crippen LogP contribution is 2.11. The van der Waals surface area contributed by atoms with Gasteiger partial charge in [0.15, 0.2) is 5.78 Å². The van der Waals surface area contributed by atoms with Gasteiger partial charge >= 0.3 is 0 Å². The van der Waals surface area contributed by atoms with Crippen molar-refractivity contribution in [3.05, 3.63) is 0 Å². The number of carbonyl (C=O) groups excluding carboxylic acids is 3. The molecule has 158 valence electrons. The summed E-state index contributed by atoms with van der Waals surface area (Å²) in [6, 6.07) is -2.02. The molecule has 0 aromatic rings. The molecular weight excluding hydrogens is 348 g/mol. The van der Waals surface area contributed by atoms with Crippen LogP contribution in [0, 0.1) is 11.8 Å². The average Bonchev–Trinajstić information content (AvgIpc) is 2.62. The number of carbonyl (C=O) groups is 3. The van der Waals surface area contributed by atoms with E-state index in [1.165, 1.54) is 6.92 Å². The molecule has 0 radical (unpaired) electrons. The third-order valence-corrected chi connectivity index (χ3v) is 4.59. The monoisotopic (exact) mass is 386 g/mol. The third kappa shape index (κ3) is 9.30. The van der Waals surface area contributed by atoms with Gasteiger partial charge in [0.05, 0.1) is 18.1 Å². The maximum absolute atomic E-state index is 12.5. The van der Waals surface area contributed by atoms with E-state index in [4.69, 9.17) is 11.5 Å². The first kappa shape index (κ1) is 25.5. The first-order valence-electron chi connectivity index (χ1n) is 9.92. The summed E-state index contributed by atoms with van der Waals surface area (Å²) in [5, 5.41) is 15.0. The highest BCUT2D eigenvalue weighted by Gasteiger charge is 2.31. The summed E-state index contributed by atoms with van der Waals surface area (Å²) < 4.78 is 0.